The van der Waals surface area contributed by atoms with Gasteiger partial charge in [0.25, 0.3) is 0 Å². The van der Waals surface area contributed by atoms with Crippen molar-refractivity contribution in [3.63, 3.8) is 0 Å². The zero-order valence-corrected chi connectivity index (χ0v) is 22.2. The van der Waals surface area contributed by atoms with Crippen LogP contribution in [0.2, 0.25) is 18.1 Å². The summed E-state index contributed by atoms with van der Waals surface area (Å²) in [4.78, 5) is 0. The summed E-state index contributed by atoms with van der Waals surface area (Å²) in [5.41, 5.74) is 2.42. The third-order valence-electron chi connectivity index (χ3n) is 6.51. The number of ether oxygens (including phenoxy) is 4. The third kappa shape index (κ3) is 8.08. The molecular weight excluding hydrogens is 420 g/mol. The predicted octanol–water partition coefficient (Wildman–Crippen LogP) is 6.10. The highest BCUT2D eigenvalue weighted by Crippen LogP contribution is 2.32. The van der Waals surface area contributed by atoms with Crippen LogP contribution in [-0.2, 0) is 30.0 Å². The number of benzene rings is 1. The van der Waals surface area contributed by atoms with E-state index in [0.29, 0.717) is 19.8 Å². The minimum absolute atomic E-state index is 0.127. The van der Waals surface area contributed by atoms with E-state index >= 15 is 0 Å². The van der Waals surface area contributed by atoms with Crippen LogP contribution in [0.4, 0.5) is 0 Å². The Morgan fingerprint density at radius 2 is 1.81 bits per heavy atom. The van der Waals surface area contributed by atoms with Gasteiger partial charge in [0.05, 0.1) is 25.9 Å². The van der Waals surface area contributed by atoms with E-state index in [1.165, 1.54) is 11.1 Å². The second-order valence-corrected chi connectivity index (χ2v) is 13.9. The van der Waals surface area contributed by atoms with Crippen molar-refractivity contribution in [2.75, 3.05) is 20.3 Å². The highest BCUT2D eigenvalue weighted by atomic mass is 28.4. The fraction of sp³-hybridized carbons (Fsp3) is 0.692. The quantitative estimate of drug-likeness (QED) is 0.201. The highest BCUT2D eigenvalue weighted by molar-refractivity contribution is 6.73. The zero-order valence-electron chi connectivity index (χ0n) is 21.2. The summed E-state index contributed by atoms with van der Waals surface area (Å²) in [5, 5.41) is 0. The van der Waals surface area contributed by atoms with Gasteiger partial charge < -0.3 is 23.4 Å². The van der Waals surface area contributed by atoms with Crippen molar-refractivity contribution in [2.45, 2.75) is 96.8 Å². The first-order valence-electron chi connectivity index (χ1n) is 12.1. The van der Waals surface area contributed by atoms with E-state index in [2.05, 4.69) is 45.9 Å². The highest BCUT2D eigenvalue weighted by Gasteiger charge is 2.44. The van der Waals surface area contributed by atoms with Gasteiger partial charge in [-0.15, -0.1) is 0 Å². The predicted molar refractivity (Wildman–Crippen MR) is 132 cm³/mol. The minimum Gasteiger partial charge on any atom is -0.409 e. The molecule has 1 heterocycles. The molecule has 0 saturated carbocycles. The summed E-state index contributed by atoms with van der Waals surface area (Å²) in [6.45, 7) is 14.6. The van der Waals surface area contributed by atoms with Crippen LogP contribution in [0, 0.1) is 0 Å². The van der Waals surface area contributed by atoms with Crippen molar-refractivity contribution < 1.29 is 23.4 Å². The Bertz CT molecular complexity index is 678. The lowest BCUT2D eigenvalue weighted by molar-refractivity contribution is -0.313. The first kappa shape index (κ1) is 27.2. The van der Waals surface area contributed by atoms with Crippen LogP contribution in [0.25, 0.3) is 0 Å². The molecule has 2 rings (SSSR count). The molecule has 1 saturated heterocycles. The summed E-state index contributed by atoms with van der Waals surface area (Å²) < 4.78 is 30.9. The fourth-order valence-electron chi connectivity index (χ4n) is 4.17. The van der Waals surface area contributed by atoms with Crippen LogP contribution in [0.1, 0.15) is 53.5 Å². The average Bonchev–Trinajstić information content (AvgIpc) is 2.80. The summed E-state index contributed by atoms with van der Waals surface area (Å²) in [7, 11) is -0.0625. The van der Waals surface area contributed by atoms with Crippen molar-refractivity contribution in [3.8, 4) is 0 Å². The Kier molecular flexibility index (Phi) is 11.1. The van der Waals surface area contributed by atoms with E-state index in [4.69, 9.17) is 23.4 Å². The molecule has 0 aromatic heterocycles. The topological polar surface area (TPSA) is 46.2 Å². The van der Waals surface area contributed by atoms with Crippen LogP contribution >= 0.6 is 0 Å². The Hall–Kier alpha value is -1.02. The molecule has 0 amide bonds. The summed E-state index contributed by atoms with van der Waals surface area (Å²) in [5.74, 6) is -0.656. The number of hydrogen-bond donors (Lipinski definition) is 0. The second kappa shape index (κ2) is 13.0. The van der Waals surface area contributed by atoms with Crippen LogP contribution in [0.15, 0.2) is 42.0 Å². The van der Waals surface area contributed by atoms with Crippen LogP contribution in [0.3, 0.4) is 0 Å². The molecule has 6 heteroatoms. The smallest absolute Gasteiger partial charge is 0.192 e. The van der Waals surface area contributed by atoms with Crippen molar-refractivity contribution in [3.05, 3.63) is 47.5 Å². The lowest BCUT2D eigenvalue weighted by atomic mass is 10.0. The Labute approximate surface area is 196 Å². The maximum Gasteiger partial charge on any atom is 0.192 e. The van der Waals surface area contributed by atoms with Gasteiger partial charge in [-0.2, -0.15) is 0 Å². The molecule has 1 aliphatic heterocycles. The number of hydrogen-bond acceptors (Lipinski definition) is 5. The minimum atomic E-state index is -1.81. The summed E-state index contributed by atoms with van der Waals surface area (Å²) in [6.07, 6.45) is 2.48. The second-order valence-electron chi connectivity index (χ2n) is 9.19. The first-order chi connectivity index (χ1) is 15.3. The molecule has 0 N–H and O–H groups in total. The van der Waals surface area contributed by atoms with E-state index in [-0.39, 0.29) is 18.3 Å². The zero-order chi connectivity index (χ0) is 23.6. The molecule has 0 unspecified atom stereocenters. The van der Waals surface area contributed by atoms with Crippen molar-refractivity contribution >= 4 is 8.32 Å². The van der Waals surface area contributed by atoms with E-state index in [1.807, 2.05) is 32.0 Å². The van der Waals surface area contributed by atoms with Gasteiger partial charge in [0, 0.05) is 7.11 Å². The van der Waals surface area contributed by atoms with Gasteiger partial charge in [0.2, 0.25) is 0 Å². The molecule has 1 aliphatic rings. The van der Waals surface area contributed by atoms with E-state index in [9.17, 15) is 0 Å². The van der Waals surface area contributed by atoms with E-state index < -0.39 is 14.1 Å². The van der Waals surface area contributed by atoms with E-state index in [1.54, 1.807) is 7.11 Å². The SMILES string of the molecule is CC[Si](CC)(CC)O[C@@H]1COC(C)(C)O[C@@H]1[C@H](/C=C(\C)CCOCc1ccccc1)OC. The van der Waals surface area contributed by atoms with Crippen molar-refractivity contribution in [1.29, 1.82) is 0 Å². The Balaban J connectivity index is 2.03. The van der Waals surface area contributed by atoms with Gasteiger partial charge in [-0.05, 0) is 50.9 Å². The molecule has 3 atom stereocenters. The molecule has 0 aliphatic carbocycles. The molecule has 1 aromatic carbocycles. The molecule has 0 radical (unpaired) electrons. The molecule has 5 nitrogen and oxygen atoms in total. The van der Waals surface area contributed by atoms with Gasteiger partial charge in [-0.1, -0.05) is 62.8 Å². The van der Waals surface area contributed by atoms with Crippen LogP contribution in [-0.4, -0.2) is 52.7 Å². The molecule has 0 bridgehead atoms. The van der Waals surface area contributed by atoms with Gasteiger partial charge in [0.15, 0.2) is 14.1 Å². The Morgan fingerprint density at radius 3 is 2.41 bits per heavy atom. The monoisotopic (exact) mass is 464 g/mol. The molecule has 1 fully saturated rings. The van der Waals surface area contributed by atoms with Gasteiger partial charge in [0.1, 0.15) is 12.2 Å². The molecule has 1 aromatic rings. The molecular formula is C26H44O5Si. The maximum absolute atomic E-state index is 6.80. The fourth-order valence-corrected chi connectivity index (χ4v) is 7.02. The standard InChI is InChI=1S/C26H44O5Si/c1-8-32(9-2,10-3)31-24-20-29-26(5,6)30-25(24)23(27-7)18-21(4)16-17-28-19-22-14-12-11-13-15-22/h11-15,18,23-25H,8-10,16-17,19-20H2,1-7H3/b21-18+/t23-,24+,25+/m0/s1. The summed E-state index contributed by atoms with van der Waals surface area (Å²) in [6, 6.07) is 13.5. The largest absolute Gasteiger partial charge is 0.409 e. The normalized spacial score (nSPS) is 22.7. The number of rotatable bonds is 13. The lowest BCUT2D eigenvalue weighted by Crippen LogP contribution is -2.57. The summed E-state index contributed by atoms with van der Waals surface area (Å²) >= 11 is 0. The van der Waals surface area contributed by atoms with Crippen molar-refractivity contribution in [2.24, 2.45) is 0 Å². The third-order valence-corrected chi connectivity index (χ3v) is 11.2. The van der Waals surface area contributed by atoms with E-state index in [0.717, 1.165) is 24.6 Å². The first-order valence-corrected chi connectivity index (χ1v) is 14.6. The van der Waals surface area contributed by atoms with Gasteiger partial charge in [-0.3, -0.25) is 0 Å². The van der Waals surface area contributed by atoms with Gasteiger partial charge in [-0.25, -0.2) is 0 Å². The Morgan fingerprint density at radius 1 is 1.16 bits per heavy atom. The van der Waals surface area contributed by atoms with Gasteiger partial charge >= 0.3 is 0 Å². The maximum atomic E-state index is 6.80. The molecule has 32 heavy (non-hydrogen) atoms. The number of methoxy groups -OCH3 is 1. The molecule has 0 spiro atoms. The lowest BCUT2D eigenvalue weighted by Gasteiger charge is -2.46. The van der Waals surface area contributed by atoms with Crippen LogP contribution < -0.4 is 0 Å². The molecule has 182 valence electrons. The average molecular weight is 465 g/mol. The van der Waals surface area contributed by atoms with Crippen molar-refractivity contribution in [1.82, 2.24) is 0 Å². The van der Waals surface area contributed by atoms with Crippen LogP contribution in [0.5, 0.6) is 0 Å².